The van der Waals surface area contributed by atoms with Gasteiger partial charge in [-0.05, 0) is 35.0 Å². The summed E-state index contributed by atoms with van der Waals surface area (Å²) in [5.41, 5.74) is -0.660. The zero-order valence-corrected chi connectivity index (χ0v) is 8.48. The average molecular weight is 234 g/mol. The van der Waals surface area contributed by atoms with E-state index in [-0.39, 0.29) is 11.1 Å². The fourth-order valence-corrected chi connectivity index (χ4v) is 1.62. The van der Waals surface area contributed by atoms with Crippen LogP contribution in [0.15, 0.2) is 30.3 Å². The summed E-state index contributed by atoms with van der Waals surface area (Å²) in [6, 6.07) is 6.13. The minimum absolute atomic E-state index is 0.309. The van der Waals surface area contributed by atoms with Crippen molar-refractivity contribution in [1.82, 2.24) is 0 Å². The van der Waals surface area contributed by atoms with Crippen molar-refractivity contribution >= 4 is 22.7 Å². The van der Waals surface area contributed by atoms with Crippen LogP contribution < -0.4 is 0 Å². The molecule has 0 aliphatic carbocycles. The van der Waals surface area contributed by atoms with Gasteiger partial charge in [-0.1, -0.05) is 6.07 Å². The third-order valence-corrected chi connectivity index (χ3v) is 2.40. The first-order valence-electron chi connectivity index (χ1n) is 4.69. The lowest BCUT2D eigenvalue weighted by molar-refractivity contribution is 0.0652. The van der Waals surface area contributed by atoms with Gasteiger partial charge in [-0.3, -0.25) is 0 Å². The Bertz CT molecular complexity index is 634. The fourth-order valence-electron chi connectivity index (χ4n) is 1.62. The highest BCUT2D eigenvalue weighted by molar-refractivity contribution is 6.06. The van der Waals surface area contributed by atoms with Gasteiger partial charge in [0, 0.05) is 0 Å². The van der Waals surface area contributed by atoms with Crippen LogP contribution in [0.25, 0.3) is 10.8 Å². The molecule has 0 fully saturated rings. The zero-order chi connectivity index (χ0) is 12.6. The lowest BCUT2D eigenvalue weighted by atomic mass is 10.0. The Morgan fingerprint density at radius 2 is 1.41 bits per heavy atom. The Morgan fingerprint density at radius 1 is 0.882 bits per heavy atom. The summed E-state index contributed by atoms with van der Waals surface area (Å²) >= 11 is 0. The zero-order valence-electron chi connectivity index (χ0n) is 8.48. The number of hydrogen-bond donors (Lipinski definition) is 2. The van der Waals surface area contributed by atoms with E-state index >= 15 is 0 Å². The highest BCUT2D eigenvalue weighted by Crippen LogP contribution is 2.21. The number of hydrogen-bond acceptors (Lipinski definition) is 2. The third kappa shape index (κ3) is 1.94. The number of carboxylic acids is 2. The Morgan fingerprint density at radius 3 is 1.94 bits per heavy atom. The van der Waals surface area contributed by atoms with Gasteiger partial charge < -0.3 is 10.2 Å². The van der Waals surface area contributed by atoms with E-state index in [4.69, 9.17) is 10.2 Å². The minimum atomic E-state index is -1.35. The minimum Gasteiger partial charge on any atom is -0.478 e. The lowest BCUT2D eigenvalue weighted by Gasteiger charge is -2.04. The number of benzene rings is 2. The summed E-state index contributed by atoms with van der Waals surface area (Å²) in [5, 5.41) is 18.6. The molecule has 0 spiro atoms. The maximum atomic E-state index is 13.0. The van der Waals surface area contributed by atoms with E-state index in [0.717, 1.165) is 12.1 Å². The van der Waals surface area contributed by atoms with Crippen molar-refractivity contribution < 1.29 is 24.2 Å². The Balaban J connectivity index is 2.81. The number of rotatable bonds is 2. The van der Waals surface area contributed by atoms with Crippen LogP contribution in [0.2, 0.25) is 0 Å². The smallest absolute Gasteiger partial charge is 0.336 e. The van der Waals surface area contributed by atoms with Crippen LogP contribution in [-0.4, -0.2) is 22.2 Å². The number of carboxylic acid groups (broad SMARTS) is 2. The molecule has 0 heterocycles. The molecule has 17 heavy (non-hydrogen) atoms. The predicted molar refractivity (Wildman–Crippen MR) is 57.8 cm³/mol. The summed E-state index contributed by atoms with van der Waals surface area (Å²) in [6.07, 6.45) is 0. The maximum Gasteiger partial charge on any atom is 0.336 e. The molecular formula is C12H7FO4. The van der Waals surface area contributed by atoms with Gasteiger partial charge >= 0.3 is 11.9 Å². The molecule has 0 amide bonds. The predicted octanol–water partition coefficient (Wildman–Crippen LogP) is 2.38. The molecule has 0 aliphatic heterocycles. The Hall–Kier alpha value is -2.43. The number of fused-ring (bicyclic) bond motifs is 1. The highest BCUT2D eigenvalue weighted by atomic mass is 19.1. The molecule has 86 valence electrons. The van der Waals surface area contributed by atoms with Crippen LogP contribution in [-0.2, 0) is 0 Å². The number of aromatic carboxylic acids is 2. The first kappa shape index (κ1) is 11.1. The molecule has 0 bridgehead atoms. The average Bonchev–Trinajstić information content (AvgIpc) is 2.26. The van der Waals surface area contributed by atoms with Crippen molar-refractivity contribution in [3.8, 4) is 0 Å². The first-order chi connectivity index (χ1) is 7.99. The second-order valence-electron chi connectivity index (χ2n) is 3.50. The normalized spacial score (nSPS) is 10.4. The van der Waals surface area contributed by atoms with E-state index in [0.29, 0.717) is 10.8 Å². The van der Waals surface area contributed by atoms with Gasteiger partial charge in [0.2, 0.25) is 0 Å². The van der Waals surface area contributed by atoms with Crippen LogP contribution >= 0.6 is 0 Å². The Kier molecular flexibility index (Phi) is 2.51. The lowest BCUT2D eigenvalue weighted by Crippen LogP contribution is -2.07. The van der Waals surface area contributed by atoms with Crippen molar-refractivity contribution in [3.05, 3.63) is 47.3 Å². The molecule has 0 saturated heterocycles. The summed E-state index contributed by atoms with van der Waals surface area (Å²) < 4.78 is 13.0. The van der Waals surface area contributed by atoms with Gasteiger partial charge in [-0.15, -0.1) is 0 Å². The molecule has 2 rings (SSSR count). The molecule has 2 N–H and O–H groups in total. The van der Waals surface area contributed by atoms with Gasteiger partial charge in [0.1, 0.15) is 5.82 Å². The molecule has 0 unspecified atom stereocenters. The topological polar surface area (TPSA) is 74.6 Å². The van der Waals surface area contributed by atoms with Gasteiger partial charge in [0.15, 0.2) is 0 Å². The van der Waals surface area contributed by atoms with Crippen molar-refractivity contribution in [2.24, 2.45) is 0 Å². The number of carbonyl (C=O) groups is 2. The standard InChI is InChI=1S/C12H7FO4/c13-8-2-1-6-4-9(11(14)15)10(12(16)17)5-7(6)3-8/h1-5H,(H,14,15)(H,16,17). The second-order valence-corrected chi connectivity index (χ2v) is 3.50. The molecule has 2 aromatic rings. The van der Waals surface area contributed by atoms with Gasteiger partial charge in [-0.25, -0.2) is 14.0 Å². The molecular weight excluding hydrogens is 227 g/mol. The highest BCUT2D eigenvalue weighted by Gasteiger charge is 2.16. The number of halogens is 1. The summed E-state index contributed by atoms with van der Waals surface area (Å²) in [5.74, 6) is -3.18. The van der Waals surface area contributed by atoms with Crippen LogP contribution in [0.5, 0.6) is 0 Å². The van der Waals surface area contributed by atoms with E-state index in [9.17, 15) is 14.0 Å². The van der Waals surface area contributed by atoms with E-state index in [1.165, 1.54) is 18.2 Å². The van der Waals surface area contributed by atoms with Crippen molar-refractivity contribution in [2.45, 2.75) is 0 Å². The molecule has 2 aromatic carbocycles. The van der Waals surface area contributed by atoms with Gasteiger partial charge in [-0.2, -0.15) is 0 Å². The van der Waals surface area contributed by atoms with Crippen molar-refractivity contribution in [1.29, 1.82) is 0 Å². The SMILES string of the molecule is O=C(O)c1cc2ccc(F)cc2cc1C(=O)O. The van der Waals surface area contributed by atoms with Gasteiger partial charge in [0.05, 0.1) is 11.1 Å². The molecule has 0 aliphatic rings. The van der Waals surface area contributed by atoms with E-state index in [1.807, 2.05) is 0 Å². The van der Waals surface area contributed by atoms with Crippen molar-refractivity contribution in [2.75, 3.05) is 0 Å². The fraction of sp³-hybridized carbons (Fsp3) is 0. The molecule has 0 saturated carbocycles. The van der Waals surface area contributed by atoms with E-state index in [1.54, 1.807) is 0 Å². The van der Waals surface area contributed by atoms with Gasteiger partial charge in [0.25, 0.3) is 0 Å². The van der Waals surface area contributed by atoms with Crippen LogP contribution in [0.1, 0.15) is 20.7 Å². The largest absolute Gasteiger partial charge is 0.478 e. The molecule has 0 aromatic heterocycles. The van der Waals surface area contributed by atoms with Crippen LogP contribution in [0, 0.1) is 5.82 Å². The molecule has 5 heteroatoms. The summed E-state index contributed by atoms with van der Waals surface area (Å²) in [7, 11) is 0. The molecule has 4 nitrogen and oxygen atoms in total. The summed E-state index contributed by atoms with van der Waals surface area (Å²) in [4.78, 5) is 21.8. The third-order valence-electron chi connectivity index (χ3n) is 2.40. The van der Waals surface area contributed by atoms with E-state index < -0.39 is 17.8 Å². The summed E-state index contributed by atoms with van der Waals surface area (Å²) in [6.45, 7) is 0. The quantitative estimate of drug-likeness (QED) is 0.836. The van der Waals surface area contributed by atoms with E-state index in [2.05, 4.69) is 0 Å². The second kappa shape index (κ2) is 3.86. The van der Waals surface area contributed by atoms with Crippen LogP contribution in [0.4, 0.5) is 4.39 Å². The van der Waals surface area contributed by atoms with Crippen molar-refractivity contribution in [3.63, 3.8) is 0 Å². The maximum absolute atomic E-state index is 13.0. The first-order valence-corrected chi connectivity index (χ1v) is 4.69. The van der Waals surface area contributed by atoms with Crippen LogP contribution in [0.3, 0.4) is 0 Å². The Labute approximate surface area is 94.9 Å². The molecule has 0 atom stereocenters. The molecule has 0 radical (unpaired) electrons. The monoisotopic (exact) mass is 234 g/mol.